The number of hydrogen-bond acceptors (Lipinski definition) is 5. The molecule has 0 aliphatic carbocycles. The standard InChI is InChI=1S/C10H13FN6/c11-7-4-14-17-8(13)3-9(15-10(7)17)16-2-1-6(12)5-16/h3-4,6H,1-2,5,12-13H2. The van der Waals surface area contributed by atoms with Crippen LogP contribution in [0.3, 0.4) is 0 Å². The molecule has 0 bridgehead atoms. The SMILES string of the molecule is Nc1cc(N2CCC(N)C2)nc2c(F)cnn12. The highest BCUT2D eigenvalue weighted by atomic mass is 19.1. The summed E-state index contributed by atoms with van der Waals surface area (Å²) in [6.45, 7) is 1.54. The van der Waals surface area contributed by atoms with E-state index < -0.39 is 5.82 Å². The Hall–Kier alpha value is -1.89. The highest BCUT2D eigenvalue weighted by Gasteiger charge is 2.21. The van der Waals surface area contributed by atoms with E-state index in [-0.39, 0.29) is 11.7 Å². The van der Waals surface area contributed by atoms with Gasteiger partial charge < -0.3 is 16.4 Å². The maximum absolute atomic E-state index is 13.4. The molecule has 0 aromatic carbocycles. The van der Waals surface area contributed by atoms with Gasteiger partial charge in [0.25, 0.3) is 0 Å². The minimum atomic E-state index is -0.470. The van der Waals surface area contributed by atoms with Crippen molar-refractivity contribution in [3.8, 4) is 0 Å². The summed E-state index contributed by atoms with van der Waals surface area (Å²) in [4.78, 5) is 6.24. The quantitative estimate of drug-likeness (QED) is 0.727. The Morgan fingerprint density at radius 3 is 3.00 bits per heavy atom. The number of nitrogen functional groups attached to an aromatic ring is 1. The zero-order valence-corrected chi connectivity index (χ0v) is 9.17. The van der Waals surface area contributed by atoms with Crippen LogP contribution in [0.1, 0.15) is 6.42 Å². The molecule has 0 spiro atoms. The van der Waals surface area contributed by atoms with E-state index in [0.29, 0.717) is 11.6 Å². The summed E-state index contributed by atoms with van der Waals surface area (Å²) in [7, 11) is 0. The Balaban J connectivity index is 2.08. The van der Waals surface area contributed by atoms with Crippen LogP contribution in [0.25, 0.3) is 5.65 Å². The third-order valence-corrected chi connectivity index (χ3v) is 2.99. The molecular formula is C10H13FN6. The number of aromatic nitrogens is 3. The first kappa shape index (κ1) is 10.3. The van der Waals surface area contributed by atoms with Gasteiger partial charge in [0.1, 0.15) is 11.6 Å². The van der Waals surface area contributed by atoms with Gasteiger partial charge in [-0.05, 0) is 6.42 Å². The van der Waals surface area contributed by atoms with Crippen molar-refractivity contribution in [1.29, 1.82) is 0 Å². The van der Waals surface area contributed by atoms with Gasteiger partial charge in [-0.3, -0.25) is 0 Å². The lowest BCUT2D eigenvalue weighted by atomic mass is 10.3. The van der Waals surface area contributed by atoms with E-state index in [1.54, 1.807) is 6.07 Å². The summed E-state index contributed by atoms with van der Waals surface area (Å²) < 4.78 is 14.7. The van der Waals surface area contributed by atoms with Crippen molar-refractivity contribution in [1.82, 2.24) is 14.6 Å². The van der Waals surface area contributed by atoms with Gasteiger partial charge in [-0.2, -0.15) is 9.61 Å². The van der Waals surface area contributed by atoms with Crippen molar-refractivity contribution in [2.45, 2.75) is 12.5 Å². The van der Waals surface area contributed by atoms with Gasteiger partial charge in [-0.25, -0.2) is 9.37 Å². The molecule has 1 aliphatic heterocycles. The fourth-order valence-corrected chi connectivity index (χ4v) is 2.10. The van der Waals surface area contributed by atoms with Crippen molar-refractivity contribution in [2.75, 3.05) is 23.7 Å². The van der Waals surface area contributed by atoms with Crippen LogP contribution in [0.5, 0.6) is 0 Å². The second-order valence-corrected chi connectivity index (χ2v) is 4.26. The van der Waals surface area contributed by atoms with Crippen LogP contribution in [-0.4, -0.2) is 33.7 Å². The molecule has 1 atom stereocenters. The van der Waals surface area contributed by atoms with Crippen LogP contribution in [0.15, 0.2) is 12.3 Å². The normalized spacial score (nSPS) is 20.4. The molecule has 7 heteroatoms. The van der Waals surface area contributed by atoms with Crippen LogP contribution in [0, 0.1) is 5.82 Å². The lowest BCUT2D eigenvalue weighted by molar-refractivity contribution is 0.635. The number of nitrogens with zero attached hydrogens (tertiary/aromatic N) is 4. The molecule has 0 amide bonds. The highest BCUT2D eigenvalue weighted by Crippen LogP contribution is 2.22. The molecule has 2 aromatic rings. The van der Waals surface area contributed by atoms with Crippen LogP contribution >= 0.6 is 0 Å². The largest absolute Gasteiger partial charge is 0.383 e. The van der Waals surface area contributed by atoms with E-state index in [1.165, 1.54) is 4.52 Å². The molecule has 0 radical (unpaired) electrons. The zero-order valence-electron chi connectivity index (χ0n) is 9.17. The molecule has 3 rings (SSSR count). The molecule has 3 heterocycles. The van der Waals surface area contributed by atoms with Crippen molar-refractivity contribution < 1.29 is 4.39 Å². The summed E-state index contributed by atoms with van der Waals surface area (Å²) in [6, 6.07) is 1.83. The number of anilines is 2. The van der Waals surface area contributed by atoms with Crippen LogP contribution in [-0.2, 0) is 0 Å². The minimum Gasteiger partial charge on any atom is -0.383 e. The molecule has 1 unspecified atom stereocenters. The van der Waals surface area contributed by atoms with E-state index in [0.717, 1.165) is 25.7 Å². The summed E-state index contributed by atoms with van der Waals surface area (Å²) in [5, 5.41) is 3.81. The van der Waals surface area contributed by atoms with Crippen molar-refractivity contribution in [3.63, 3.8) is 0 Å². The average Bonchev–Trinajstić information content (AvgIpc) is 2.87. The second-order valence-electron chi connectivity index (χ2n) is 4.26. The van der Waals surface area contributed by atoms with Crippen molar-refractivity contribution >= 4 is 17.3 Å². The third-order valence-electron chi connectivity index (χ3n) is 2.99. The Morgan fingerprint density at radius 1 is 1.47 bits per heavy atom. The molecule has 6 nitrogen and oxygen atoms in total. The molecule has 4 N–H and O–H groups in total. The number of rotatable bonds is 1. The molecule has 90 valence electrons. The van der Waals surface area contributed by atoms with Crippen molar-refractivity contribution in [3.05, 3.63) is 18.1 Å². The van der Waals surface area contributed by atoms with Gasteiger partial charge in [0.05, 0.1) is 6.20 Å². The van der Waals surface area contributed by atoms with E-state index in [9.17, 15) is 4.39 Å². The first-order chi connectivity index (χ1) is 8.15. The summed E-state index contributed by atoms with van der Waals surface area (Å²) >= 11 is 0. The predicted octanol–water partition coefficient (Wildman–Crippen LogP) is -0.0120. The zero-order chi connectivity index (χ0) is 12.0. The average molecular weight is 236 g/mol. The van der Waals surface area contributed by atoms with E-state index in [2.05, 4.69) is 10.1 Å². The Labute approximate surface area is 97.0 Å². The Morgan fingerprint density at radius 2 is 2.29 bits per heavy atom. The minimum absolute atomic E-state index is 0.143. The molecule has 1 aliphatic rings. The third kappa shape index (κ3) is 1.59. The van der Waals surface area contributed by atoms with E-state index in [1.807, 2.05) is 4.90 Å². The van der Waals surface area contributed by atoms with Gasteiger partial charge in [0.2, 0.25) is 0 Å². The molecule has 17 heavy (non-hydrogen) atoms. The highest BCUT2D eigenvalue weighted by molar-refractivity contribution is 5.57. The lowest BCUT2D eigenvalue weighted by Crippen LogP contribution is -2.27. The van der Waals surface area contributed by atoms with Gasteiger partial charge in [-0.1, -0.05) is 0 Å². The Bertz CT molecular complexity index is 565. The first-order valence-electron chi connectivity index (χ1n) is 5.45. The number of hydrogen-bond donors (Lipinski definition) is 2. The van der Waals surface area contributed by atoms with Crippen molar-refractivity contribution in [2.24, 2.45) is 5.73 Å². The van der Waals surface area contributed by atoms with Crippen LogP contribution in [0.4, 0.5) is 16.0 Å². The monoisotopic (exact) mass is 236 g/mol. The topological polar surface area (TPSA) is 85.5 Å². The van der Waals surface area contributed by atoms with Gasteiger partial charge >= 0.3 is 0 Å². The maximum atomic E-state index is 13.4. The number of nitrogens with two attached hydrogens (primary N) is 2. The summed E-state index contributed by atoms with van der Waals surface area (Å²) in [5.74, 6) is 0.554. The van der Waals surface area contributed by atoms with Gasteiger partial charge in [-0.15, -0.1) is 0 Å². The summed E-state index contributed by atoms with van der Waals surface area (Å²) in [6.07, 6.45) is 2.02. The van der Waals surface area contributed by atoms with Gasteiger partial charge in [0.15, 0.2) is 11.5 Å². The smallest absolute Gasteiger partial charge is 0.195 e. The summed E-state index contributed by atoms with van der Waals surface area (Å²) in [5.41, 5.74) is 11.8. The van der Waals surface area contributed by atoms with E-state index >= 15 is 0 Å². The maximum Gasteiger partial charge on any atom is 0.195 e. The number of fused-ring (bicyclic) bond motifs is 1. The van der Waals surface area contributed by atoms with Crippen LogP contribution < -0.4 is 16.4 Å². The Kier molecular flexibility index (Phi) is 2.15. The van der Waals surface area contributed by atoms with Gasteiger partial charge in [0, 0.05) is 25.2 Å². The molecule has 2 aromatic heterocycles. The first-order valence-corrected chi connectivity index (χ1v) is 5.45. The fourth-order valence-electron chi connectivity index (χ4n) is 2.10. The molecule has 0 saturated carbocycles. The molecule has 1 fully saturated rings. The van der Waals surface area contributed by atoms with Crippen LogP contribution in [0.2, 0.25) is 0 Å². The lowest BCUT2D eigenvalue weighted by Gasteiger charge is -2.17. The fraction of sp³-hybridized carbons (Fsp3) is 0.400. The number of halogens is 1. The molecular weight excluding hydrogens is 223 g/mol. The second kappa shape index (κ2) is 3.56. The predicted molar refractivity (Wildman–Crippen MR) is 62.2 cm³/mol. The van der Waals surface area contributed by atoms with E-state index in [4.69, 9.17) is 11.5 Å². The molecule has 1 saturated heterocycles.